The summed E-state index contributed by atoms with van der Waals surface area (Å²) in [6, 6.07) is 12.3. The number of fused-ring (bicyclic) bond motifs is 1. The monoisotopic (exact) mass is 599 g/mol. The number of carboxylic acids is 1. The van der Waals surface area contributed by atoms with Gasteiger partial charge in [0.15, 0.2) is 11.5 Å². The second-order valence-electron chi connectivity index (χ2n) is 12.2. The van der Waals surface area contributed by atoms with E-state index in [0.717, 1.165) is 62.5 Å². The first-order valence-electron chi connectivity index (χ1n) is 15.4. The molecule has 3 N–H and O–H groups in total. The molecule has 228 valence electrons. The van der Waals surface area contributed by atoms with Crippen LogP contribution in [0.15, 0.2) is 42.5 Å². The van der Waals surface area contributed by atoms with E-state index in [-0.39, 0.29) is 35.5 Å². The predicted octanol–water partition coefficient (Wildman–Crippen LogP) is 6.22. The average Bonchev–Trinajstić information content (AvgIpc) is 3.40. The molecule has 3 aliphatic rings. The Hall–Kier alpha value is -2.81. The number of aliphatic carboxylic acids is 1. The third-order valence-corrected chi connectivity index (χ3v) is 9.21. The second-order valence-corrected chi connectivity index (χ2v) is 12.6. The van der Waals surface area contributed by atoms with Gasteiger partial charge < -0.3 is 29.7 Å². The van der Waals surface area contributed by atoms with E-state index in [1.807, 2.05) is 19.1 Å². The molecule has 2 fully saturated rings. The van der Waals surface area contributed by atoms with Crippen molar-refractivity contribution in [3.8, 4) is 11.5 Å². The molecule has 8 nitrogen and oxygen atoms in total. The minimum absolute atomic E-state index is 0.0138. The zero-order valence-corrected chi connectivity index (χ0v) is 25.0. The van der Waals surface area contributed by atoms with E-state index in [4.69, 9.17) is 25.8 Å². The fourth-order valence-corrected chi connectivity index (χ4v) is 6.90. The van der Waals surface area contributed by atoms with Crippen LogP contribution < -0.4 is 14.8 Å². The van der Waals surface area contributed by atoms with Gasteiger partial charge in [-0.15, -0.1) is 0 Å². The fourth-order valence-electron chi connectivity index (χ4n) is 6.71. The number of carbonyl (C=O) groups is 2. The fraction of sp³-hybridized carbons (Fsp3) is 0.576. The molecule has 2 aliphatic carbocycles. The summed E-state index contributed by atoms with van der Waals surface area (Å²) < 4.78 is 17.6. The van der Waals surface area contributed by atoms with Crippen molar-refractivity contribution in [3.63, 3.8) is 0 Å². The van der Waals surface area contributed by atoms with Gasteiger partial charge in [-0.2, -0.15) is 0 Å². The van der Waals surface area contributed by atoms with E-state index in [1.54, 1.807) is 30.3 Å². The summed E-state index contributed by atoms with van der Waals surface area (Å²) in [5.74, 6) is -4.21. The van der Waals surface area contributed by atoms with Crippen LogP contribution in [-0.4, -0.2) is 46.6 Å². The molecule has 3 unspecified atom stereocenters. The van der Waals surface area contributed by atoms with Gasteiger partial charge in [0, 0.05) is 17.6 Å². The zero-order valence-electron chi connectivity index (χ0n) is 24.2. The maximum absolute atomic E-state index is 13.6. The molecule has 0 radical (unpaired) electrons. The van der Waals surface area contributed by atoms with Crippen molar-refractivity contribution >= 4 is 23.5 Å². The SMILES string of the molecule is CC(Cc1ccc2c(c1)OC(C(=O)O)(C(=O)OC(C1CCCCC1)C1CCCCC1)O2)NCC(O)c1cccc(Cl)c1. The number of esters is 1. The lowest BCUT2D eigenvalue weighted by molar-refractivity contribution is -0.207. The van der Waals surface area contributed by atoms with Gasteiger partial charge in [0.2, 0.25) is 0 Å². The van der Waals surface area contributed by atoms with Crippen LogP contribution in [0.4, 0.5) is 0 Å². The third-order valence-electron chi connectivity index (χ3n) is 8.97. The van der Waals surface area contributed by atoms with Crippen LogP contribution in [0.3, 0.4) is 0 Å². The number of nitrogens with one attached hydrogen (secondary N) is 1. The van der Waals surface area contributed by atoms with Crippen molar-refractivity contribution in [2.24, 2.45) is 11.8 Å². The summed E-state index contributed by atoms with van der Waals surface area (Å²) in [6.45, 7) is 2.33. The standard InChI is InChI=1S/C33H42ClNO7/c1-21(35-20-27(36)25-13-8-14-26(34)19-25)17-22-15-16-28-29(18-22)42-33(41-28,31(37)38)32(39)40-30(23-9-4-2-5-10-23)24-11-6-3-7-12-24/h8,13-16,18-19,21,23-24,27,30,35-36H,2-7,9-12,17,20H2,1H3,(H,37,38). The quantitative estimate of drug-likeness (QED) is 0.206. The number of aliphatic hydroxyl groups excluding tert-OH is 1. The Bertz CT molecular complexity index is 1220. The molecule has 1 aliphatic heterocycles. The number of rotatable bonds is 11. The highest BCUT2D eigenvalue weighted by molar-refractivity contribution is 6.30. The van der Waals surface area contributed by atoms with Gasteiger partial charge in [-0.1, -0.05) is 68.3 Å². The molecule has 0 amide bonds. The molecular formula is C33H42ClNO7. The summed E-state index contributed by atoms with van der Waals surface area (Å²) in [5, 5.41) is 24.6. The second kappa shape index (κ2) is 13.7. The predicted molar refractivity (Wildman–Crippen MR) is 159 cm³/mol. The van der Waals surface area contributed by atoms with Crippen molar-refractivity contribution in [2.75, 3.05) is 6.54 Å². The summed E-state index contributed by atoms with van der Waals surface area (Å²) in [5.41, 5.74) is 1.60. The van der Waals surface area contributed by atoms with E-state index in [2.05, 4.69) is 5.32 Å². The van der Waals surface area contributed by atoms with Crippen LogP contribution in [0.2, 0.25) is 5.02 Å². The molecule has 1 heterocycles. The maximum atomic E-state index is 13.6. The van der Waals surface area contributed by atoms with Gasteiger partial charge in [-0.3, -0.25) is 0 Å². The summed E-state index contributed by atoms with van der Waals surface area (Å²) in [4.78, 5) is 26.2. The number of hydrogen-bond acceptors (Lipinski definition) is 7. The van der Waals surface area contributed by atoms with Crippen molar-refractivity contribution < 1.29 is 34.0 Å². The van der Waals surface area contributed by atoms with Crippen molar-refractivity contribution in [2.45, 2.75) is 102 Å². The Labute approximate surface area is 252 Å². The van der Waals surface area contributed by atoms with E-state index in [0.29, 0.717) is 18.0 Å². The number of carboxylic acid groups (broad SMARTS) is 1. The molecule has 0 aromatic heterocycles. The van der Waals surface area contributed by atoms with Crippen LogP contribution in [-0.2, 0) is 20.7 Å². The van der Waals surface area contributed by atoms with Crippen LogP contribution in [0.1, 0.15) is 88.4 Å². The van der Waals surface area contributed by atoms with Crippen LogP contribution in [0.5, 0.6) is 11.5 Å². The summed E-state index contributed by atoms with van der Waals surface area (Å²) in [7, 11) is 0. The van der Waals surface area contributed by atoms with Gasteiger partial charge in [-0.05, 0) is 86.3 Å². The minimum Gasteiger partial charge on any atom is -0.475 e. The molecule has 2 saturated carbocycles. The van der Waals surface area contributed by atoms with E-state index in [9.17, 15) is 19.8 Å². The smallest absolute Gasteiger partial charge is 0.453 e. The first kappa shape index (κ1) is 30.6. The lowest BCUT2D eigenvalue weighted by Gasteiger charge is -2.38. The Morgan fingerprint density at radius 1 is 0.976 bits per heavy atom. The molecule has 42 heavy (non-hydrogen) atoms. The number of halogens is 1. The van der Waals surface area contributed by atoms with Crippen LogP contribution >= 0.6 is 11.6 Å². The number of ether oxygens (including phenoxy) is 3. The summed E-state index contributed by atoms with van der Waals surface area (Å²) >= 11 is 6.04. The van der Waals surface area contributed by atoms with Gasteiger partial charge >= 0.3 is 17.7 Å². The molecule has 2 aromatic rings. The topological polar surface area (TPSA) is 114 Å². The lowest BCUT2D eigenvalue weighted by Crippen LogP contribution is -2.56. The van der Waals surface area contributed by atoms with Gasteiger partial charge in [-0.25, -0.2) is 9.59 Å². The van der Waals surface area contributed by atoms with Gasteiger partial charge in [0.1, 0.15) is 6.10 Å². The molecular weight excluding hydrogens is 558 g/mol. The largest absolute Gasteiger partial charge is 0.475 e. The van der Waals surface area contributed by atoms with Crippen molar-refractivity contribution in [3.05, 3.63) is 58.6 Å². The first-order valence-corrected chi connectivity index (χ1v) is 15.8. The normalized spacial score (nSPS) is 22.6. The van der Waals surface area contributed by atoms with Gasteiger partial charge in [0.05, 0.1) is 6.10 Å². The van der Waals surface area contributed by atoms with Crippen LogP contribution in [0, 0.1) is 11.8 Å². The average molecular weight is 600 g/mol. The zero-order chi connectivity index (χ0) is 29.7. The van der Waals surface area contributed by atoms with Crippen molar-refractivity contribution in [1.29, 1.82) is 0 Å². The highest BCUT2D eigenvalue weighted by atomic mass is 35.5. The van der Waals surface area contributed by atoms with E-state index >= 15 is 0 Å². The molecule has 2 aromatic carbocycles. The molecule has 0 bridgehead atoms. The lowest BCUT2D eigenvalue weighted by atomic mass is 9.75. The minimum atomic E-state index is -2.56. The van der Waals surface area contributed by atoms with Gasteiger partial charge in [0.25, 0.3) is 0 Å². The highest BCUT2D eigenvalue weighted by Crippen LogP contribution is 2.43. The first-order chi connectivity index (χ1) is 20.2. The molecule has 5 rings (SSSR count). The number of aliphatic hydroxyl groups is 1. The Morgan fingerprint density at radius 2 is 1.62 bits per heavy atom. The van der Waals surface area contributed by atoms with Crippen LogP contribution in [0.25, 0.3) is 0 Å². The third kappa shape index (κ3) is 7.04. The number of hydrogen-bond donors (Lipinski definition) is 3. The Morgan fingerprint density at radius 3 is 2.24 bits per heavy atom. The summed E-state index contributed by atoms with van der Waals surface area (Å²) in [6.07, 6.45) is 10.3. The highest BCUT2D eigenvalue weighted by Gasteiger charge is 2.60. The molecule has 0 saturated heterocycles. The maximum Gasteiger partial charge on any atom is 0.453 e. The van der Waals surface area contributed by atoms with E-state index in [1.165, 1.54) is 12.8 Å². The Kier molecular flexibility index (Phi) is 9.96. The van der Waals surface area contributed by atoms with Crippen molar-refractivity contribution in [1.82, 2.24) is 5.32 Å². The van der Waals surface area contributed by atoms with E-state index < -0.39 is 23.8 Å². The molecule has 0 spiro atoms. The molecule has 9 heteroatoms. The number of benzene rings is 2. The molecule has 3 atom stereocenters. The number of carbonyl (C=O) groups excluding carboxylic acids is 1. The Balaban J connectivity index is 1.24.